The smallest absolute Gasteiger partial charge is 0.319 e. The van der Waals surface area contributed by atoms with Gasteiger partial charge in [-0.25, -0.2) is 4.79 Å². The fraction of sp³-hybridized carbons (Fsp3) is 0.182. The lowest BCUT2D eigenvalue weighted by Gasteiger charge is -2.16. The van der Waals surface area contributed by atoms with Crippen molar-refractivity contribution in [1.82, 2.24) is 15.1 Å². The average molecular weight is 546 g/mol. The van der Waals surface area contributed by atoms with E-state index in [2.05, 4.69) is 34.1 Å². The summed E-state index contributed by atoms with van der Waals surface area (Å²) in [5, 5.41) is 6.20. The minimum atomic E-state index is -0.159. The number of hydrogen-bond donors (Lipinski definition) is 3. The zero-order valence-electron chi connectivity index (χ0n) is 23.0. The number of carbonyl (C=O) groups excluding carboxylic acids is 2. The Hall–Kier alpha value is -5.11. The largest absolute Gasteiger partial charge is 0.399 e. The number of pyridine rings is 1. The summed E-state index contributed by atoms with van der Waals surface area (Å²) < 4.78 is 2.28. The van der Waals surface area contributed by atoms with Gasteiger partial charge >= 0.3 is 6.03 Å². The number of benzene rings is 4. The molecule has 0 atom stereocenters. The van der Waals surface area contributed by atoms with Gasteiger partial charge in [-0.05, 0) is 48.5 Å². The number of anilines is 2. The molecule has 3 amide bonds. The Morgan fingerprint density at radius 1 is 0.854 bits per heavy atom. The number of likely N-dealkylation sites (N-methyl/N-ethyl adjacent to an activating group) is 1. The van der Waals surface area contributed by atoms with Crippen molar-refractivity contribution >= 4 is 45.0 Å². The lowest BCUT2D eigenvalue weighted by molar-refractivity contribution is -0.650. The SMILES string of the molecule is CN1CCN(CCNC(=O)c2ccc(C[n+]3c(-c4ccccc4)c4cc(N)ccc4c4ccc(N)cc43)cc2)C1=O. The number of nitrogens with two attached hydrogens (primary N) is 2. The molecule has 8 heteroatoms. The van der Waals surface area contributed by atoms with E-state index in [9.17, 15) is 9.59 Å². The molecule has 0 radical (unpaired) electrons. The lowest BCUT2D eigenvalue weighted by Crippen LogP contribution is -2.38. The van der Waals surface area contributed by atoms with Gasteiger partial charge in [-0.2, -0.15) is 4.57 Å². The Kier molecular flexibility index (Phi) is 6.89. The average Bonchev–Trinajstić information content (AvgIpc) is 3.30. The first-order chi connectivity index (χ1) is 19.9. The van der Waals surface area contributed by atoms with Gasteiger partial charge in [0.2, 0.25) is 11.2 Å². The molecule has 1 aromatic heterocycles. The first kappa shape index (κ1) is 26.1. The first-order valence-electron chi connectivity index (χ1n) is 13.8. The number of rotatable bonds is 7. The van der Waals surface area contributed by atoms with Crippen LogP contribution in [0.15, 0.2) is 91.0 Å². The second-order valence-electron chi connectivity index (χ2n) is 10.5. The van der Waals surface area contributed by atoms with Gasteiger partial charge in [-0.15, -0.1) is 0 Å². The fourth-order valence-corrected chi connectivity index (χ4v) is 5.59. The number of amides is 3. The van der Waals surface area contributed by atoms with Crippen molar-refractivity contribution in [1.29, 1.82) is 0 Å². The predicted octanol–water partition coefficient (Wildman–Crippen LogP) is 4.26. The number of fused-ring (bicyclic) bond motifs is 3. The summed E-state index contributed by atoms with van der Waals surface area (Å²) >= 11 is 0. The number of urea groups is 1. The molecular formula is C33H33N6O2+. The molecule has 206 valence electrons. The molecule has 5 aromatic rings. The van der Waals surface area contributed by atoms with Gasteiger partial charge in [0, 0.05) is 72.7 Å². The summed E-state index contributed by atoms with van der Waals surface area (Å²) in [6, 6.07) is 30.0. The number of carbonyl (C=O) groups is 2. The molecule has 0 unspecified atom stereocenters. The van der Waals surface area contributed by atoms with Crippen LogP contribution in [-0.2, 0) is 6.54 Å². The van der Waals surface area contributed by atoms with Crippen molar-refractivity contribution in [3.05, 3.63) is 102 Å². The fourth-order valence-electron chi connectivity index (χ4n) is 5.59. The summed E-state index contributed by atoms with van der Waals surface area (Å²) in [5.74, 6) is -0.159. The normalized spacial score (nSPS) is 13.3. The molecule has 1 aliphatic rings. The van der Waals surface area contributed by atoms with Crippen molar-refractivity contribution in [3.63, 3.8) is 0 Å². The van der Waals surface area contributed by atoms with Crippen LogP contribution >= 0.6 is 0 Å². The van der Waals surface area contributed by atoms with Crippen molar-refractivity contribution in [2.75, 3.05) is 44.7 Å². The van der Waals surface area contributed by atoms with E-state index in [0.717, 1.165) is 38.5 Å². The van der Waals surface area contributed by atoms with Gasteiger partial charge < -0.3 is 26.6 Å². The summed E-state index contributed by atoms with van der Waals surface area (Å²) in [7, 11) is 1.79. The molecule has 6 rings (SSSR count). The molecule has 0 spiro atoms. The molecule has 0 aliphatic carbocycles. The van der Waals surface area contributed by atoms with E-state index in [-0.39, 0.29) is 11.9 Å². The maximum atomic E-state index is 12.8. The highest BCUT2D eigenvalue weighted by Crippen LogP contribution is 2.33. The lowest BCUT2D eigenvalue weighted by atomic mass is 9.97. The second kappa shape index (κ2) is 10.8. The maximum Gasteiger partial charge on any atom is 0.319 e. The third kappa shape index (κ3) is 5.12. The minimum Gasteiger partial charge on any atom is -0.399 e. The van der Waals surface area contributed by atoms with E-state index in [0.29, 0.717) is 49.7 Å². The zero-order chi connectivity index (χ0) is 28.5. The van der Waals surface area contributed by atoms with Crippen LogP contribution in [0, 0.1) is 0 Å². The van der Waals surface area contributed by atoms with E-state index in [4.69, 9.17) is 11.5 Å². The molecular weight excluding hydrogens is 512 g/mol. The molecule has 0 saturated carbocycles. The maximum absolute atomic E-state index is 12.8. The van der Waals surface area contributed by atoms with E-state index in [1.807, 2.05) is 66.7 Å². The Bertz CT molecular complexity index is 1770. The molecule has 5 N–H and O–H groups in total. The van der Waals surface area contributed by atoms with Crippen LogP contribution in [-0.4, -0.2) is 55.0 Å². The van der Waals surface area contributed by atoms with Crippen molar-refractivity contribution in [2.24, 2.45) is 0 Å². The highest BCUT2D eigenvalue weighted by Gasteiger charge is 2.26. The molecule has 0 bridgehead atoms. The van der Waals surface area contributed by atoms with Crippen LogP contribution in [0.1, 0.15) is 15.9 Å². The topological polar surface area (TPSA) is 109 Å². The van der Waals surface area contributed by atoms with Crippen LogP contribution in [0.4, 0.5) is 16.2 Å². The zero-order valence-corrected chi connectivity index (χ0v) is 23.0. The monoisotopic (exact) mass is 545 g/mol. The van der Waals surface area contributed by atoms with Gasteiger partial charge in [0.25, 0.3) is 5.91 Å². The number of hydrogen-bond acceptors (Lipinski definition) is 4. The molecule has 41 heavy (non-hydrogen) atoms. The van der Waals surface area contributed by atoms with Crippen LogP contribution in [0.3, 0.4) is 0 Å². The van der Waals surface area contributed by atoms with Crippen molar-refractivity contribution in [2.45, 2.75) is 6.54 Å². The third-order valence-electron chi connectivity index (χ3n) is 7.75. The van der Waals surface area contributed by atoms with Gasteiger partial charge in [0.1, 0.15) is 0 Å². The van der Waals surface area contributed by atoms with Gasteiger partial charge in [-0.3, -0.25) is 4.79 Å². The van der Waals surface area contributed by atoms with E-state index >= 15 is 0 Å². The molecule has 2 heterocycles. The number of nitrogens with one attached hydrogen (secondary N) is 1. The van der Waals surface area contributed by atoms with Crippen LogP contribution < -0.4 is 21.4 Å². The molecule has 1 saturated heterocycles. The minimum absolute atomic E-state index is 0.00151. The molecule has 8 nitrogen and oxygen atoms in total. The first-order valence-corrected chi connectivity index (χ1v) is 13.8. The number of nitrogens with zero attached hydrogens (tertiary/aromatic N) is 3. The predicted molar refractivity (Wildman–Crippen MR) is 163 cm³/mol. The van der Waals surface area contributed by atoms with Crippen LogP contribution in [0.25, 0.3) is 32.9 Å². The Morgan fingerprint density at radius 3 is 2.27 bits per heavy atom. The highest BCUT2D eigenvalue weighted by atomic mass is 16.2. The third-order valence-corrected chi connectivity index (χ3v) is 7.75. The van der Waals surface area contributed by atoms with Crippen molar-refractivity contribution in [3.8, 4) is 11.3 Å². The van der Waals surface area contributed by atoms with E-state index < -0.39 is 0 Å². The standard InChI is InChI=1S/C33H32N6O2/c1-37-17-18-38(33(37)41)16-15-36-32(40)24-9-7-22(8-10-24)21-39-30-20-26(35)12-14-28(30)27-13-11-25(34)19-29(27)31(39)23-5-3-2-4-6-23/h2-14,19-20,35H,15-18,21,34H2,1H3,(H,36,40)/p+1. The van der Waals surface area contributed by atoms with Crippen LogP contribution in [0.2, 0.25) is 0 Å². The van der Waals surface area contributed by atoms with Gasteiger partial charge in [0.05, 0.1) is 10.8 Å². The summed E-state index contributed by atoms with van der Waals surface area (Å²) in [4.78, 5) is 28.3. The number of aromatic nitrogens is 1. The Morgan fingerprint density at radius 2 is 1.56 bits per heavy atom. The van der Waals surface area contributed by atoms with E-state index in [1.165, 1.54) is 0 Å². The molecule has 1 fully saturated rings. The Labute approximate surface area is 238 Å². The quantitative estimate of drug-likeness (QED) is 0.161. The highest BCUT2D eigenvalue weighted by molar-refractivity contribution is 6.10. The molecule has 1 aliphatic heterocycles. The summed E-state index contributed by atoms with van der Waals surface area (Å²) in [5.41, 5.74) is 18.7. The van der Waals surface area contributed by atoms with Crippen LogP contribution in [0.5, 0.6) is 0 Å². The Balaban J connectivity index is 1.33. The second-order valence-corrected chi connectivity index (χ2v) is 10.5. The van der Waals surface area contributed by atoms with Gasteiger partial charge in [0.15, 0.2) is 6.54 Å². The summed E-state index contributed by atoms with van der Waals surface area (Å²) in [6.45, 7) is 2.87. The number of nitrogen functional groups attached to an aromatic ring is 2. The van der Waals surface area contributed by atoms with Gasteiger partial charge in [-0.1, -0.05) is 36.4 Å². The van der Waals surface area contributed by atoms with Crippen molar-refractivity contribution < 1.29 is 14.2 Å². The summed E-state index contributed by atoms with van der Waals surface area (Å²) in [6.07, 6.45) is 0. The van der Waals surface area contributed by atoms with E-state index in [1.54, 1.807) is 16.8 Å². The molecule has 4 aromatic carbocycles.